The minimum absolute atomic E-state index is 0.383. The average Bonchev–Trinajstić information content (AvgIpc) is 2.66. The monoisotopic (exact) mass is 236 g/mol. The third-order valence-electron chi connectivity index (χ3n) is 2.35. The summed E-state index contributed by atoms with van der Waals surface area (Å²) in [5.74, 6) is 0.923. The van der Waals surface area contributed by atoms with Crippen LogP contribution >= 0.6 is 11.8 Å². The van der Waals surface area contributed by atoms with E-state index in [9.17, 15) is 10.1 Å². The molecule has 0 saturated carbocycles. The zero-order chi connectivity index (χ0) is 11.4. The van der Waals surface area contributed by atoms with E-state index in [2.05, 4.69) is 0 Å². The molecule has 0 atom stereocenters. The molecular formula is C11H12N2O2S. The molecule has 4 nitrogen and oxygen atoms in total. The van der Waals surface area contributed by atoms with Crippen molar-refractivity contribution < 1.29 is 4.92 Å². The third kappa shape index (κ3) is 2.76. The van der Waals surface area contributed by atoms with Gasteiger partial charge in [0.15, 0.2) is 0 Å². The normalized spacial score (nSPS) is 18.0. The Morgan fingerprint density at radius 1 is 1.44 bits per heavy atom. The molecule has 0 bridgehead atoms. The van der Waals surface area contributed by atoms with Gasteiger partial charge < -0.3 is 4.90 Å². The van der Waals surface area contributed by atoms with Gasteiger partial charge in [-0.1, -0.05) is 30.3 Å². The van der Waals surface area contributed by atoms with Crippen LogP contribution in [0, 0.1) is 10.1 Å². The van der Waals surface area contributed by atoms with E-state index in [0.717, 1.165) is 30.1 Å². The van der Waals surface area contributed by atoms with Crippen LogP contribution in [0.2, 0.25) is 0 Å². The van der Waals surface area contributed by atoms with Gasteiger partial charge in [-0.25, -0.2) is 0 Å². The molecule has 1 aliphatic rings. The van der Waals surface area contributed by atoms with Gasteiger partial charge in [-0.05, 0) is 5.56 Å². The number of thioether (sulfide) groups is 1. The zero-order valence-electron chi connectivity index (χ0n) is 8.70. The number of benzene rings is 1. The van der Waals surface area contributed by atoms with E-state index in [1.807, 2.05) is 35.2 Å². The lowest BCUT2D eigenvalue weighted by atomic mass is 10.2. The Morgan fingerprint density at radius 2 is 2.19 bits per heavy atom. The Hall–Kier alpha value is -1.49. The molecule has 2 rings (SSSR count). The van der Waals surface area contributed by atoms with E-state index in [4.69, 9.17) is 0 Å². The summed E-state index contributed by atoms with van der Waals surface area (Å²) in [7, 11) is 0. The molecule has 1 aromatic carbocycles. The second kappa shape index (κ2) is 5.03. The number of rotatable bonds is 3. The van der Waals surface area contributed by atoms with Crippen molar-refractivity contribution in [2.45, 2.75) is 6.54 Å². The molecule has 1 saturated heterocycles. The number of hydrogen-bond acceptors (Lipinski definition) is 4. The van der Waals surface area contributed by atoms with Crippen molar-refractivity contribution in [3.8, 4) is 0 Å². The lowest BCUT2D eigenvalue weighted by Crippen LogP contribution is -2.18. The van der Waals surface area contributed by atoms with Crippen molar-refractivity contribution in [3.63, 3.8) is 0 Å². The van der Waals surface area contributed by atoms with Crippen LogP contribution in [0.4, 0.5) is 0 Å². The first kappa shape index (κ1) is 11.0. The van der Waals surface area contributed by atoms with Crippen molar-refractivity contribution in [2.24, 2.45) is 0 Å². The summed E-state index contributed by atoms with van der Waals surface area (Å²) in [5, 5.41) is 11.2. The predicted octanol–water partition coefficient (Wildman–Crippen LogP) is 2.31. The molecule has 0 spiro atoms. The van der Waals surface area contributed by atoms with Gasteiger partial charge >= 0.3 is 0 Å². The van der Waals surface area contributed by atoms with Gasteiger partial charge in [0.25, 0.3) is 6.20 Å². The molecular weight excluding hydrogens is 224 g/mol. The third-order valence-corrected chi connectivity index (χ3v) is 3.40. The molecule has 5 heteroatoms. The lowest BCUT2D eigenvalue weighted by Gasteiger charge is -2.17. The Kier molecular flexibility index (Phi) is 3.46. The molecule has 0 radical (unpaired) electrons. The molecule has 0 aromatic heterocycles. The molecule has 0 unspecified atom stereocenters. The molecule has 1 aliphatic heterocycles. The summed E-state index contributed by atoms with van der Waals surface area (Å²) in [4.78, 5) is 12.1. The van der Waals surface area contributed by atoms with Gasteiger partial charge in [0.1, 0.15) is 5.03 Å². The van der Waals surface area contributed by atoms with Crippen LogP contribution in [0.3, 0.4) is 0 Å². The fourth-order valence-corrected chi connectivity index (χ4v) is 2.65. The van der Waals surface area contributed by atoms with Gasteiger partial charge in [0.2, 0.25) is 0 Å². The molecule has 1 heterocycles. The Bertz CT molecular complexity index is 406. The SMILES string of the molecule is O=[N+]([O-])/C=C1\SCCN1Cc1ccccc1. The first-order valence-electron chi connectivity index (χ1n) is 5.03. The summed E-state index contributed by atoms with van der Waals surface area (Å²) in [6.45, 7) is 1.62. The molecule has 1 fully saturated rings. The van der Waals surface area contributed by atoms with Crippen LogP contribution in [0.1, 0.15) is 5.56 Å². The quantitative estimate of drug-likeness (QED) is 0.597. The predicted molar refractivity (Wildman–Crippen MR) is 64.4 cm³/mol. The van der Waals surface area contributed by atoms with Crippen LogP contribution < -0.4 is 0 Å². The topological polar surface area (TPSA) is 46.4 Å². The Morgan fingerprint density at radius 3 is 2.88 bits per heavy atom. The van der Waals surface area contributed by atoms with Gasteiger partial charge in [-0.3, -0.25) is 10.1 Å². The first-order chi connectivity index (χ1) is 7.75. The molecule has 0 amide bonds. The minimum atomic E-state index is -0.383. The van der Waals surface area contributed by atoms with Gasteiger partial charge in [0, 0.05) is 18.8 Å². The fraction of sp³-hybridized carbons (Fsp3) is 0.273. The summed E-state index contributed by atoms with van der Waals surface area (Å²) >= 11 is 1.54. The van der Waals surface area contributed by atoms with Gasteiger partial charge in [0.05, 0.1) is 4.92 Å². The second-order valence-electron chi connectivity index (χ2n) is 3.51. The van der Waals surface area contributed by atoms with E-state index < -0.39 is 0 Å². The van der Waals surface area contributed by atoms with E-state index in [-0.39, 0.29) is 4.92 Å². The van der Waals surface area contributed by atoms with Gasteiger partial charge in [-0.15, -0.1) is 11.8 Å². The maximum atomic E-state index is 10.4. The van der Waals surface area contributed by atoms with Gasteiger partial charge in [-0.2, -0.15) is 0 Å². The molecule has 84 valence electrons. The van der Waals surface area contributed by atoms with Crippen molar-refractivity contribution in [2.75, 3.05) is 12.3 Å². The van der Waals surface area contributed by atoms with E-state index in [1.54, 1.807) is 11.8 Å². The molecule has 0 aliphatic carbocycles. The maximum absolute atomic E-state index is 10.4. The minimum Gasteiger partial charge on any atom is -0.356 e. The maximum Gasteiger partial charge on any atom is 0.264 e. The highest BCUT2D eigenvalue weighted by Crippen LogP contribution is 2.28. The highest BCUT2D eigenvalue weighted by Gasteiger charge is 2.20. The standard InChI is InChI=1S/C11H12N2O2S/c14-13(15)9-11-12(6-7-16-11)8-10-4-2-1-3-5-10/h1-5,9H,6-8H2/b11-9-. The molecule has 16 heavy (non-hydrogen) atoms. The van der Waals surface area contributed by atoms with Crippen LogP contribution in [-0.4, -0.2) is 22.1 Å². The van der Waals surface area contributed by atoms with Crippen molar-refractivity contribution >= 4 is 11.8 Å². The summed E-state index contributed by atoms with van der Waals surface area (Å²) in [6.07, 6.45) is 1.10. The summed E-state index contributed by atoms with van der Waals surface area (Å²) in [6, 6.07) is 10.0. The molecule has 0 N–H and O–H groups in total. The van der Waals surface area contributed by atoms with Crippen molar-refractivity contribution in [3.05, 3.63) is 57.2 Å². The fourth-order valence-electron chi connectivity index (χ4n) is 1.63. The van der Waals surface area contributed by atoms with Crippen LogP contribution in [0.25, 0.3) is 0 Å². The summed E-state index contributed by atoms with van der Waals surface area (Å²) in [5.41, 5.74) is 1.18. The average molecular weight is 236 g/mol. The van der Waals surface area contributed by atoms with Crippen LogP contribution in [0.5, 0.6) is 0 Å². The number of nitrogens with zero attached hydrogens (tertiary/aromatic N) is 2. The van der Waals surface area contributed by atoms with Crippen molar-refractivity contribution in [1.29, 1.82) is 0 Å². The summed E-state index contributed by atoms with van der Waals surface area (Å²) < 4.78 is 0. The largest absolute Gasteiger partial charge is 0.356 e. The second-order valence-corrected chi connectivity index (χ2v) is 4.62. The number of hydrogen-bond donors (Lipinski definition) is 0. The highest BCUT2D eigenvalue weighted by molar-refractivity contribution is 8.03. The van der Waals surface area contributed by atoms with Crippen LogP contribution in [-0.2, 0) is 6.54 Å². The van der Waals surface area contributed by atoms with E-state index in [0.29, 0.717) is 0 Å². The smallest absolute Gasteiger partial charge is 0.264 e. The Labute approximate surface area is 98.1 Å². The van der Waals surface area contributed by atoms with E-state index >= 15 is 0 Å². The first-order valence-corrected chi connectivity index (χ1v) is 6.01. The van der Waals surface area contributed by atoms with E-state index in [1.165, 1.54) is 5.56 Å². The zero-order valence-corrected chi connectivity index (χ0v) is 9.52. The van der Waals surface area contributed by atoms with Crippen molar-refractivity contribution in [1.82, 2.24) is 4.90 Å². The Balaban J connectivity index is 2.07. The highest BCUT2D eigenvalue weighted by atomic mass is 32.2. The molecule has 1 aromatic rings. The number of nitro groups is 1. The van der Waals surface area contributed by atoms with Crippen LogP contribution in [0.15, 0.2) is 41.6 Å². The lowest BCUT2D eigenvalue weighted by molar-refractivity contribution is -0.403.